The van der Waals surface area contributed by atoms with E-state index < -0.39 is 10.0 Å². The molecule has 8 nitrogen and oxygen atoms in total. The van der Waals surface area contributed by atoms with Gasteiger partial charge in [-0.05, 0) is 29.7 Å². The number of thioether (sulfide) groups is 1. The topological polar surface area (TPSA) is 128 Å². The second kappa shape index (κ2) is 7.41. The van der Waals surface area contributed by atoms with Crippen LogP contribution in [0.25, 0.3) is 33.3 Å². The van der Waals surface area contributed by atoms with E-state index in [0.717, 1.165) is 33.3 Å². The largest absolute Gasteiger partial charge is 0.325 e. The van der Waals surface area contributed by atoms with Crippen LogP contribution < -0.4 is 10.5 Å². The number of hydrogen-bond donors (Lipinski definition) is 2. The monoisotopic (exact) mass is 449 g/mol. The molecule has 0 bridgehead atoms. The first-order valence-electron chi connectivity index (χ1n) is 9.23. The third-order valence-corrected chi connectivity index (χ3v) is 6.65. The van der Waals surface area contributed by atoms with Crippen LogP contribution in [-0.2, 0) is 14.8 Å². The molecule has 0 unspecified atom stereocenters. The fourth-order valence-corrected chi connectivity index (χ4v) is 4.63. The van der Waals surface area contributed by atoms with Gasteiger partial charge >= 0.3 is 0 Å². The fourth-order valence-electron chi connectivity index (χ4n) is 3.53. The molecule has 3 aromatic carbocycles. The molecule has 0 spiro atoms. The Morgan fingerprint density at radius 1 is 0.935 bits per heavy atom. The molecule has 4 aromatic rings. The number of anilines is 1. The van der Waals surface area contributed by atoms with E-state index in [4.69, 9.17) is 5.14 Å². The van der Waals surface area contributed by atoms with Gasteiger partial charge in [-0.1, -0.05) is 48.2 Å². The maximum Gasteiger partial charge on any atom is 0.238 e. The van der Waals surface area contributed by atoms with Crippen molar-refractivity contribution in [3.05, 3.63) is 60.7 Å². The second-order valence-electron chi connectivity index (χ2n) is 6.91. The summed E-state index contributed by atoms with van der Waals surface area (Å²) in [5.74, 6) is -0.197. The quantitative estimate of drug-likeness (QED) is 0.395. The molecule has 1 heterocycles. The van der Waals surface area contributed by atoms with Gasteiger partial charge in [0.25, 0.3) is 0 Å². The van der Waals surface area contributed by atoms with Crippen LogP contribution in [0.3, 0.4) is 0 Å². The van der Waals surface area contributed by atoms with E-state index in [9.17, 15) is 13.2 Å². The Bertz CT molecular complexity index is 1450. The van der Waals surface area contributed by atoms with Crippen LogP contribution >= 0.6 is 11.8 Å². The predicted octanol–water partition coefficient (Wildman–Crippen LogP) is 3.05. The van der Waals surface area contributed by atoms with Crippen LogP contribution in [0.2, 0.25) is 0 Å². The molecule has 10 heteroatoms. The van der Waals surface area contributed by atoms with Crippen LogP contribution in [0, 0.1) is 0 Å². The number of benzene rings is 3. The molecule has 5 rings (SSSR count). The van der Waals surface area contributed by atoms with Gasteiger partial charge in [0, 0.05) is 22.2 Å². The van der Waals surface area contributed by atoms with Crippen LogP contribution in [0.1, 0.15) is 0 Å². The van der Waals surface area contributed by atoms with E-state index in [1.165, 1.54) is 36.0 Å². The summed E-state index contributed by atoms with van der Waals surface area (Å²) in [6.07, 6.45) is 0. The summed E-state index contributed by atoms with van der Waals surface area (Å²) >= 11 is 1.18. The summed E-state index contributed by atoms with van der Waals surface area (Å²) in [5, 5.41) is 19.0. The molecule has 154 valence electrons. The lowest BCUT2D eigenvalue weighted by Crippen LogP contribution is -2.15. The number of nitrogens with zero attached hydrogens (tertiary/aromatic N) is 3. The number of rotatable bonds is 5. The zero-order valence-corrected chi connectivity index (χ0v) is 17.6. The average molecular weight is 450 g/mol. The molecule has 1 aliphatic carbocycles. The third-order valence-electron chi connectivity index (χ3n) is 4.88. The Morgan fingerprint density at radius 3 is 2.29 bits per heavy atom. The van der Waals surface area contributed by atoms with Crippen molar-refractivity contribution < 1.29 is 13.2 Å². The number of primary sulfonamides is 1. The van der Waals surface area contributed by atoms with Crippen molar-refractivity contribution in [1.82, 2.24) is 15.2 Å². The Morgan fingerprint density at radius 2 is 1.61 bits per heavy atom. The molecule has 1 aliphatic rings. The van der Waals surface area contributed by atoms with Crippen molar-refractivity contribution >= 4 is 44.2 Å². The van der Waals surface area contributed by atoms with Gasteiger partial charge in [-0.15, -0.1) is 10.2 Å². The van der Waals surface area contributed by atoms with E-state index in [1.54, 1.807) is 0 Å². The summed E-state index contributed by atoms with van der Waals surface area (Å²) in [5.41, 5.74) is 4.01. The van der Waals surface area contributed by atoms with Crippen LogP contribution in [0.4, 0.5) is 5.69 Å². The van der Waals surface area contributed by atoms with Crippen molar-refractivity contribution in [2.75, 3.05) is 11.1 Å². The standard InChI is InChI=1S/C21H15N5O3S2/c22-31(28,29)14-9-7-13(8-10-14)23-17(27)11-30-21-24-19-15-5-1-3-12-4-2-6-16(18(12)15)20(19)25-26-21/h1-10H,11H2,(H,23,27)(H2,22,28,29). The molecule has 0 fully saturated rings. The maximum atomic E-state index is 12.3. The number of carbonyl (C=O) groups is 1. The summed E-state index contributed by atoms with van der Waals surface area (Å²) in [6.45, 7) is 0. The molecule has 31 heavy (non-hydrogen) atoms. The van der Waals surface area contributed by atoms with Crippen molar-refractivity contribution in [3.8, 4) is 22.5 Å². The summed E-state index contributed by atoms with van der Waals surface area (Å²) < 4.78 is 22.6. The Hall–Kier alpha value is -3.34. The Kier molecular flexibility index (Phi) is 4.69. The van der Waals surface area contributed by atoms with E-state index in [0.29, 0.717) is 10.8 Å². The normalized spacial score (nSPS) is 12.0. The van der Waals surface area contributed by atoms with Crippen molar-refractivity contribution in [3.63, 3.8) is 0 Å². The maximum absolute atomic E-state index is 12.3. The lowest BCUT2D eigenvalue weighted by molar-refractivity contribution is -0.113. The highest BCUT2D eigenvalue weighted by atomic mass is 32.2. The minimum Gasteiger partial charge on any atom is -0.325 e. The first-order chi connectivity index (χ1) is 14.9. The van der Waals surface area contributed by atoms with E-state index in [1.807, 2.05) is 24.3 Å². The first kappa shape index (κ1) is 19.6. The predicted molar refractivity (Wildman–Crippen MR) is 119 cm³/mol. The van der Waals surface area contributed by atoms with Crippen molar-refractivity contribution in [2.24, 2.45) is 5.14 Å². The van der Waals surface area contributed by atoms with Gasteiger partial charge in [0.05, 0.1) is 10.6 Å². The molecular weight excluding hydrogens is 434 g/mol. The van der Waals surface area contributed by atoms with Gasteiger partial charge in [0.2, 0.25) is 21.1 Å². The first-order valence-corrected chi connectivity index (χ1v) is 11.8. The smallest absolute Gasteiger partial charge is 0.238 e. The van der Waals surface area contributed by atoms with Crippen LogP contribution in [0.15, 0.2) is 70.7 Å². The lowest BCUT2D eigenvalue weighted by atomic mass is 10.0. The minimum atomic E-state index is -3.77. The SMILES string of the molecule is NS(=O)(=O)c1ccc(NC(=O)CSc2nnc3c(n2)-c2cccc4cccc-3c24)cc1. The number of amides is 1. The number of fused-ring (bicyclic) bond motifs is 3. The highest BCUT2D eigenvalue weighted by Crippen LogP contribution is 2.44. The number of nitrogens with one attached hydrogen (secondary N) is 1. The number of sulfonamides is 1. The van der Waals surface area contributed by atoms with Gasteiger partial charge in [0.1, 0.15) is 11.4 Å². The number of nitrogens with two attached hydrogens (primary N) is 1. The molecule has 0 atom stereocenters. The summed E-state index contributed by atoms with van der Waals surface area (Å²) in [7, 11) is -3.77. The van der Waals surface area contributed by atoms with Crippen molar-refractivity contribution in [1.29, 1.82) is 0 Å². The third kappa shape index (κ3) is 3.65. The molecule has 0 saturated carbocycles. The zero-order chi connectivity index (χ0) is 21.6. The van der Waals surface area contributed by atoms with Crippen molar-refractivity contribution in [2.45, 2.75) is 10.1 Å². The fraction of sp³-hybridized carbons (Fsp3) is 0.0476. The van der Waals surface area contributed by atoms with E-state index in [2.05, 4.69) is 32.6 Å². The van der Waals surface area contributed by atoms with Crippen LogP contribution in [-0.4, -0.2) is 35.3 Å². The zero-order valence-electron chi connectivity index (χ0n) is 15.9. The van der Waals surface area contributed by atoms with E-state index >= 15 is 0 Å². The molecule has 1 aromatic heterocycles. The molecular formula is C21H15N5O3S2. The molecule has 0 aliphatic heterocycles. The number of hydrogen-bond acceptors (Lipinski definition) is 7. The van der Waals surface area contributed by atoms with Gasteiger partial charge in [0.15, 0.2) is 0 Å². The Labute approximate surface area is 182 Å². The van der Waals surface area contributed by atoms with Gasteiger partial charge < -0.3 is 5.32 Å². The summed E-state index contributed by atoms with van der Waals surface area (Å²) in [4.78, 5) is 16.9. The van der Waals surface area contributed by atoms with Gasteiger partial charge in [-0.3, -0.25) is 4.79 Å². The molecule has 1 amide bonds. The molecule has 0 radical (unpaired) electrons. The van der Waals surface area contributed by atoms with Gasteiger partial charge in [-0.2, -0.15) is 0 Å². The lowest BCUT2D eigenvalue weighted by Gasteiger charge is -2.06. The average Bonchev–Trinajstić information content (AvgIpc) is 3.08. The second-order valence-corrected chi connectivity index (χ2v) is 9.41. The minimum absolute atomic E-state index is 0.0199. The molecule has 0 saturated heterocycles. The van der Waals surface area contributed by atoms with Gasteiger partial charge in [-0.25, -0.2) is 18.5 Å². The number of carbonyl (C=O) groups excluding carboxylic acids is 1. The highest BCUT2D eigenvalue weighted by molar-refractivity contribution is 7.99. The Balaban J connectivity index is 1.30. The highest BCUT2D eigenvalue weighted by Gasteiger charge is 2.25. The van der Waals surface area contributed by atoms with Crippen LogP contribution in [0.5, 0.6) is 0 Å². The van der Waals surface area contributed by atoms with E-state index in [-0.39, 0.29) is 16.6 Å². The summed E-state index contributed by atoms with van der Waals surface area (Å²) in [6, 6.07) is 17.7. The molecule has 3 N–H and O–H groups in total. The number of aromatic nitrogens is 3.